The Hall–Kier alpha value is -0.830. The molecule has 1 heterocycles. The van der Waals surface area contributed by atoms with Gasteiger partial charge < -0.3 is 10.3 Å². The average Bonchev–Trinajstić information content (AvgIpc) is 2.75. The van der Waals surface area contributed by atoms with Crippen molar-refractivity contribution in [1.82, 2.24) is 9.55 Å². The molecule has 1 saturated carbocycles. The molecular formula is C8H13N3. The second kappa shape index (κ2) is 2.66. The maximum Gasteiger partial charge on any atom is 0.0948 e. The third-order valence-corrected chi connectivity index (χ3v) is 2.11. The molecule has 0 saturated heterocycles. The minimum absolute atomic E-state index is 0.704. The molecule has 1 fully saturated rings. The smallest absolute Gasteiger partial charge is 0.0948 e. The first-order chi connectivity index (χ1) is 5.42. The van der Waals surface area contributed by atoms with Crippen molar-refractivity contribution in [2.45, 2.75) is 25.3 Å². The average molecular weight is 151 g/mol. The quantitative estimate of drug-likeness (QED) is 0.691. The fourth-order valence-electron chi connectivity index (χ4n) is 1.38. The van der Waals surface area contributed by atoms with E-state index in [9.17, 15) is 0 Å². The molecule has 0 aliphatic heterocycles. The molecule has 1 aliphatic rings. The molecule has 1 aromatic rings. The van der Waals surface area contributed by atoms with Crippen molar-refractivity contribution >= 4 is 0 Å². The van der Waals surface area contributed by atoms with Crippen LogP contribution in [-0.4, -0.2) is 16.1 Å². The summed E-state index contributed by atoms with van der Waals surface area (Å²) in [6.45, 7) is 1.61. The normalized spacial score (nSPS) is 17.2. The first kappa shape index (κ1) is 6.85. The summed E-state index contributed by atoms with van der Waals surface area (Å²) in [6.07, 6.45) is 6.50. The summed E-state index contributed by atoms with van der Waals surface area (Å²) in [6, 6.07) is 0. The lowest BCUT2D eigenvalue weighted by Gasteiger charge is -2.03. The Kier molecular flexibility index (Phi) is 1.66. The molecule has 0 amide bonds. The van der Waals surface area contributed by atoms with E-state index in [1.54, 1.807) is 0 Å². The number of rotatable bonds is 3. The van der Waals surface area contributed by atoms with Gasteiger partial charge in [-0.2, -0.15) is 0 Å². The highest BCUT2D eigenvalue weighted by Crippen LogP contribution is 2.39. The fourth-order valence-corrected chi connectivity index (χ4v) is 1.38. The highest BCUT2D eigenvalue weighted by molar-refractivity contribution is 5.12. The van der Waals surface area contributed by atoms with Crippen molar-refractivity contribution in [2.75, 3.05) is 6.54 Å². The van der Waals surface area contributed by atoms with E-state index in [-0.39, 0.29) is 0 Å². The van der Waals surface area contributed by atoms with Crippen LogP contribution in [0.3, 0.4) is 0 Å². The number of nitrogens with two attached hydrogens (primary N) is 1. The van der Waals surface area contributed by atoms with E-state index in [4.69, 9.17) is 5.73 Å². The summed E-state index contributed by atoms with van der Waals surface area (Å²) in [5.74, 6) is 0.782. The Morgan fingerprint density at radius 3 is 3.09 bits per heavy atom. The number of hydrogen-bond acceptors (Lipinski definition) is 2. The molecule has 0 spiro atoms. The molecule has 3 heteroatoms. The van der Waals surface area contributed by atoms with E-state index in [2.05, 4.69) is 9.55 Å². The van der Waals surface area contributed by atoms with Crippen LogP contribution >= 0.6 is 0 Å². The zero-order chi connectivity index (χ0) is 7.68. The molecule has 11 heavy (non-hydrogen) atoms. The van der Waals surface area contributed by atoms with Gasteiger partial charge in [-0.15, -0.1) is 0 Å². The van der Waals surface area contributed by atoms with Crippen LogP contribution in [0.2, 0.25) is 0 Å². The van der Waals surface area contributed by atoms with Crippen molar-refractivity contribution in [1.29, 1.82) is 0 Å². The number of hydrogen-bond donors (Lipinski definition) is 1. The predicted octanol–water partition coefficient (Wildman–Crippen LogP) is 0.719. The van der Waals surface area contributed by atoms with Gasteiger partial charge >= 0.3 is 0 Å². The second-order valence-electron chi connectivity index (χ2n) is 3.07. The van der Waals surface area contributed by atoms with E-state index in [1.165, 1.54) is 18.5 Å². The summed E-state index contributed by atoms with van der Waals surface area (Å²) in [5.41, 5.74) is 6.83. The van der Waals surface area contributed by atoms with Crippen molar-refractivity contribution in [3.8, 4) is 0 Å². The minimum atomic E-state index is 0.704. The molecule has 2 N–H and O–H groups in total. The van der Waals surface area contributed by atoms with Crippen molar-refractivity contribution in [3.05, 3.63) is 18.2 Å². The van der Waals surface area contributed by atoms with Gasteiger partial charge in [-0.25, -0.2) is 4.98 Å². The lowest BCUT2D eigenvalue weighted by atomic mass is 10.3. The SMILES string of the molecule is NCCn1cncc1C1CC1. The molecule has 2 rings (SSSR count). The van der Waals surface area contributed by atoms with Gasteiger partial charge in [0.05, 0.1) is 6.33 Å². The Balaban J connectivity index is 2.16. The molecule has 60 valence electrons. The zero-order valence-corrected chi connectivity index (χ0v) is 6.53. The molecular weight excluding hydrogens is 138 g/mol. The summed E-state index contributed by atoms with van der Waals surface area (Å²) in [7, 11) is 0. The van der Waals surface area contributed by atoms with E-state index in [1.807, 2.05) is 12.5 Å². The number of imidazole rings is 1. The van der Waals surface area contributed by atoms with Crippen LogP contribution in [0.25, 0.3) is 0 Å². The Morgan fingerprint density at radius 2 is 2.45 bits per heavy atom. The molecule has 0 aromatic carbocycles. The first-order valence-corrected chi connectivity index (χ1v) is 4.12. The van der Waals surface area contributed by atoms with E-state index in [0.29, 0.717) is 6.54 Å². The molecule has 0 radical (unpaired) electrons. The van der Waals surface area contributed by atoms with Gasteiger partial charge in [-0.3, -0.25) is 0 Å². The van der Waals surface area contributed by atoms with E-state index >= 15 is 0 Å². The number of aromatic nitrogens is 2. The maximum atomic E-state index is 5.46. The number of nitrogens with zero attached hydrogens (tertiary/aromatic N) is 2. The first-order valence-electron chi connectivity index (χ1n) is 4.12. The third kappa shape index (κ3) is 1.28. The van der Waals surface area contributed by atoms with Gasteiger partial charge in [0.15, 0.2) is 0 Å². The molecule has 1 aromatic heterocycles. The fraction of sp³-hybridized carbons (Fsp3) is 0.625. The lowest BCUT2D eigenvalue weighted by molar-refractivity contribution is 0.672. The minimum Gasteiger partial charge on any atom is -0.333 e. The largest absolute Gasteiger partial charge is 0.333 e. The van der Waals surface area contributed by atoms with Crippen LogP contribution in [-0.2, 0) is 6.54 Å². The van der Waals surface area contributed by atoms with Crippen LogP contribution in [0, 0.1) is 0 Å². The van der Waals surface area contributed by atoms with Gasteiger partial charge in [-0.05, 0) is 12.8 Å². The van der Waals surface area contributed by atoms with Crippen LogP contribution in [0.5, 0.6) is 0 Å². The zero-order valence-electron chi connectivity index (χ0n) is 6.53. The predicted molar refractivity (Wildman–Crippen MR) is 43.3 cm³/mol. The standard InChI is InChI=1S/C8H13N3/c9-3-4-11-6-10-5-8(11)7-1-2-7/h5-7H,1-4,9H2. The Bertz CT molecular complexity index is 237. The van der Waals surface area contributed by atoms with Gasteiger partial charge in [0, 0.05) is 30.9 Å². The van der Waals surface area contributed by atoms with Gasteiger partial charge in [0.25, 0.3) is 0 Å². The van der Waals surface area contributed by atoms with Crippen LogP contribution in [0.15, 0.2) is 12.5 Å². The molecule has 0 bridgehead atoms. The van der Waals surface area contributed by atoms with Crippen LogP contribution < -0.4 is 5.73 Å². The van der Waals surface area contributed by atoms with Gasteiger partial charge in [0.1, 0.15) is 0 Å². The summed E-state index contributed by atoms with van der Waals surface area (Å²) in [5, 5.41) is 0. The highest BCUT2D eigenvalue weighted by Gasteiger charge is 2.26. The third-order valence-electron chi connectivity index (χ3n) is 2.11. The van der Waals surface area contributed by atoms with Crippen molar-refractivity contribution in [2.24, 2.45) is 5.73 Å². The lowest BCUT2D eigenvalue weighted by Crippen LogP contribution is -2.10. The summed E-state index contributed by atoms with van der Waals surface area (Å²) >= 11 is 0. The van der Waals surface area contributed by atoms with Gasteiger partial charge in [0.2, 0.25) is 0 Å². The molecule has 3 nitrogen and oxygen atoms in total. The maximum absolute atomic E-state index is 5.46. The Labute approximate surface area is 66.2 Å². The Morgan fingerprint density at radius 1 is 1.64 bits per heavy atom. The molecule has 1 aliphatic carbocycles. The molecule has 0 atom stereocenters. The van der Waals surface area contributed by atoms with E-state index in [0.717, 1.165) is 12.5 Å². The topological polar surface area (TPSA) is 43.8 Å². The van der Waals surface area contributed by atoms with Crippen LogP contribution in [0.1, 0.15) is 24.5 Å². The van der Waals surface area contributed by atoms with Crippen molar-refractivity contribution in [3.63, 3.8) is 0 Å². The highest BCUT2D eigenvalue weighted by atomic mass is 15.1. The van der Waals surface area contributed by atoms with Crippen molar-refractivity contribution < 1.29 is 0 Å². The van der Waals surface area contributed by atoms with E-state index < -0.39 is 0 Å². The summed E-state index contributed by atoms with van der Waals surface area (Å²) in [4.78, 5) is 4.11. The molecule has 0 unspecified atom stereocenters. The second-order valence-corrected chi connectivity index (χ2v) is 3.07. The van der Waals surface area contributed by atoms with Gasteiger partial charge in [-0.1, -0.05) is 0 Å². The van der Waals surface area contributed by atoms with Crippen LogP contribution in [0.4, 0.5) is 0 Å². The monoisotopic (exact) mass is 151 g/mol. The summed E-state index contributed by atoms with van der Waals surface area (Å²) < 4.78 is 2.16.